The summed E-state index contributed by atoms with van der Waals surface area (Å²) < 4.78 is 5.09. The fraction of sp³-hybridized carbons (Fsp3) is 1.00. The van der Waals surface area contributed by atoms with Crippen molar-refractivity contribution in [2.24, 2.45) is 11.7 Å². The van der Waals surface area contributed by atoms with E-state index in [1.54, 1.807) is 7.11 Å². The topological polar surface area (TPSA) is 55.5 Å². The molecule has 0 amide bonds. The number of nitrogens with two attached hydrogens (primary N) is 1. The van der Waals surface area contributed by atoms with Gasteiger partial charge >= 0.3 is 0 Å². The van der Waals surface area contributed by atoms with Crippen molar-refractivity contribution in [2.75, 3.05) is 20.3 Å². The van der Waals surface area contributed by atoms with Gasteiger partial charge in [-0.25, -0.2) is 0 Å². The lowest BCUT2D eigenvalue weighted by atomic mass is 9.86. The Bertz CT molecular complexity index is 153. The maximum atomic E-state index is 10.4. The minimum absolute atomic E-state index is 0.418. The second-order valence-corrected chi connectivity index (χ2v) is 4.65. The Balaban J connectivity index is 4.09. The quantitative estimate of drug-likeness (QED) is 0.620. The molecule has 0 aromatic rings. The smallest absolute Gasteiger partial charge is 0.0883 e. The average molecular weight is 217 g/mol. The molecule has 0 aliphatic carbocycles. The molecule has 0 aliphatic rings. The summed E-state index contributed by atoms with van der Waals surface area (Å²) >= 11 is 0. The maximum absolute atomic E-state index is 10.4. The van der Waals surface area contributed by atoms with Gasteiger partial charge in [-0.1, -0.05) is 26.7 Å². The van der Waals surface area contributed by atoms with E-state index >= 15 is 0 Å². The SMILES string of the molecule is CCCC(C)CC(O)(CCCN)COC. The lowest BCUT2D eigenvalue weighted by Crippen LogP contribution is -2.36. The van der Waals surface area contributed by atoms with Gasteiger partial charge in [0, 0.05) is 7.11 Å². The highest BCUT2D eigenvalue weighted by atomic mass is 16.5. The standard InChI is InChI=1S/C12H27NO2/c1-4-6-11(2)9-12(14,10-15-3)7-5-8-13/h11,14H,4-10,13H2,1-3H3. The zero-order chi connectivity index (χ0) is 11.7. The van der Waals surface area contributed by atoms with Crippen molar-refractivity contribution in [2.45, 2.75) is 51.6 Å². The lowest BCUT2D eigenvalue weighted by molar-refractivity contribution is -0.0535. The van der Waals surface area contributed by atoms with Gasteiger partial charge in [0.2, 0.25) is 0 Å². The second kappa shape index (κ2) is 8.08. The largest absolute Gasteiger partial charge is 0.387 e. The summed E-state index contributed by atoms with van der Waals surface area (Å²) in [6.45, 7) is 5.41. The molecule has 0 aromatic carbocycles. The van der Waals surface area contributed by atoms with E-state index in [4.69, 9.17) is 10.5 Å². The molecule has 0 radical (unpaired) electrons. The first-order chi connectivity index (χ1) is 7.08. The molecule has 3 nitrogen and oxygen atoms in total. The Kier molecular flexibility index (Phi) is 8.02. The van der Waals surface area contributed by atoms with Gasteiger partial charge in [-0.15, -0.1) is 0 Å². The molecule has 0 aromatic heterocycles. The van der Waals surface area contributed by atoms with Gasteiger partial charge in [0.05, 0.1) is 12.2 Å². The van der Waals surface area contributed by atoms with Crippen LogP contribution in [-0.4, -0.2) is 31.0 Å². The molecular weight excluding hydrogens is 190 g/mol. The number of hydrogen-bond donors (Lipinski definition) is 2. The van der Waals surface area contributed by atoms with Crippen LogP contribution in [0.25, 0.3) is 0 Å². The molecule has 0 aliphatic heterocycles. The van der Waals surface area contributed by atoms with E-state index in [0.29, 0.717) is 19.1 Å². The maximum Gasteiger partial charge on any atom is 0.0883 e. The van der Waals surface area contributed by atoms with Crippen LogP contribution in [0.4, 0.5) is 0 Å². The average Bonchev–Trinajstić information content (AvgIpc) is 2.15. The van der Waals surface area contributed by atoms with Crippen molar-refractivity contribution in [3.8, 4) is 0 Å². The van der Waals surface area contributed by atoms with E-state index in [2.05, 4.69) is 13.8 Å². The molecule has 0 saturated carbocycles. The van der Waals surface area contributed by atoms with E-state index < -0.39 is 5.60 Å². The summed E-state index contributed by atoms with van der Waals surface area (Å²) in [6.07, 6.45) is 4.74. The summed E-state index contributed by atoms with van der Waals surface area (Å²) in [6, 6.07) is 0. The highest BCUT2D eigenvalue weighted by Crippen LogP contribution is 2.25. The molecule has 0 bridgehead atoms. The zero-order valence-corrected chi connectivity index (χ0v) is 10.5. The zero-order valence-electron chi connectivity index (χ0n) is 10.5. The third-order valence-electron chi connectivity index (χ3n) is 2.77. The number of rotatable bonds is 9. The molecule has 3 N–H and O–H groups in total. The van der Waals surface area contributed by atoms with Gasteiger partial charge in [-0.3, -0.25) is 0 Å². The van der Waals surface area contributed by atoms with E-state index in [-0.39, 0.29) is 0 Å². The van der Waals surface area contributed by atoms with Crippen LogP contribution in [0.15, 0.2) is 0 Å². The Hall–Kier alpha value is -0.120. The molecule has 2 atom stereocenters. The number of hydrogen-bond acceptors (Lipinski definition) is 3. The van der Waals surface area contributed by atoms with Crippen molar-refractivity contribution < 1.29 is 9.84 Å². The summed E-state index contributed by atoms with van der Waals surface area (Å²) in [5, 5.41) is 10.4. The predicted molar refractivity (Wildman–Crippen MR) is 63.8 cm³/mol. The van der Waals surface area contributed by atoms with E-state index in [0.717, 1.165) is 25.7 Å². The molecule has 0 saturated heterocycles. The van der Waals surface area contributed by atoms with Crippen molar-refractivity contribution in [3.05, 3.63) is 0 Å². The molecule has 3 heteroatoms. The normalized spacial score (nSPS) is 17.4. The van der Waals surface area contributed by atoms with Crippen molar-refractivity contribution in [3.63, 3.8) is 0 Å². The Morgan fingerprint density at radius 2 is 2.13 bits per heavy atom. The fourth-order valence-corrected chi connectivity index (χ4v) is 2.18. The molecule has 0 fully saturated rings. The van der Waals surface area contributed by atoms with Crippen LogP contribution in [0.3, 0.4) is 0 Å². The van der Waals surface area contributed by atoms with Gasteiger partial charge < -0.3 is 15.6 Å². The van der Waals surface area contributed by atoms with Crippen LogP contribution in [0.5, 0.6) is 0 Å². The molecule has 2 unspecified atom stereocenters. The Morgan fingerprint density at radius 3 is 2.60 bits per heavy atom. The molecule has 0 spiro atoms. The molecule has 15 heavy (non-hydrogen) atoms. The predicted octanol–water partition coefficient (Wildman–Crippen LogP) is 1.93. The fourth-order valence-electron chi connectivity index (χ4n) is 2.18. The first kappa shape index (κ1) is 14.9. The highest BCUT2D eigenvalue weighted by Gasteiger charge is 2.28. The molecule has 0 heterocycles. The number of methoxy groups -OCH3 is 1. The summed E-state index contributed by atoms with van der Waals surface area (Å²) in [5.41, 5.74) is 4.79. The van der Waals surface area contributed by atoms with E-state index in [9.17, 15) is 5.11 Å². The van der Waals surface area contributed by atoms with Gasteiger partial charge in [0.15, 0.2) is 0 Å². The van der Waals surface area contributed by atoms with Crippen molar-refractivity contribution in [1.29, 1.82) is 0 Å². The Morgan fingerprint density at radius 1 is 1.47 bits per heavy atom. The summed E-state index contributed by atoms with van der Waals surface area (Å²) in [7, 11) is 1.64. The van der Waals surface area contributed by atoms with Crippen LogP contribution >= 0.6 is 0 Å². The van der Waals surface area contributed by atoms with Gasteiger partial charge in [-0.2, -0.15) is 0 Å². The highest BCUT2D eigenvalue weighted by molar-refractivity contribution is 4.80. The molecule has 0 rings (SSSR count). The van der Waals surface area contributed by atoms with E-state index in [1.165, 1.54) is 6.42 Å². The summed E-state index contributed by atoms with van der Waals surface area (Å²) in [4.78, 5) is 0. The lowest BCUT2D eigenvalue weighted by Gasteiger charge is -2.30. The van der Waals surface area contributed by atoms with Crippen LogP contribution in [-0.2, 0) is 4.74 Å². The third-order valence-corrected chi connectivity index (χ3v) is 2.77. The van der Waals surface area contributed by atoms with Crippen LogP contribution in [0.1, 0.15) is 46.0 Å². The first-order valence-electron chi connectivity index (χ1n) is 5.99. The van der Waals surface area contributed by atoms with Gasteiger partial charge in [0.1, 0.15) is 0 Å². The van der Waals surface area contributed by atoms with Crippen molar-refractivity contribution in [1.82, 2.24) is 0 Å². The molecule has 92 valence electrons. The minimum atomic E-state index is -0.678. The second-order valence-electron chi connectivity index (χ2n) is 4.65. The number of aliphatic hydroxyl groups is 1. The van der Waals surface area contributed by atoms with Gasteiger partial charge in [0.25, 0.3) is 0 Å². The van der Waals surface area contributed by atoms with Crippen LogP contribution in [0, 0.1) is 5.92 Å². The first-order valence-corrected chi connectivity index (χ1v) is 5.99. The summed E-state index contributed by atoms with van der Waals surface area (Å²) in [5.74, 6) is 0.549. The molecular formula is C12H27NO2. The van der Waals surface area contributed by atoms with Crippen LogP contribution in [0.2, 0.25) is 0 Å². The van der Waals surface area contributed by atoms with Crippen molar-refractivity contribution >= 4 is 0 Å². The number of ether oxygens (including phenoxy) is 1. The minimum Gasteiger partial charge on any atom is -0.387 e. The monoisotopic (exact) mass is 217 g/mol. The van der Waals surface area contributed by atoms with Gasteiger partial charge in [-0.05, 0) is 31.7 Å². The third kappa shape index (κ3) is 6.88. The Labute approximate surface area is 94.0 Å². The van der Waals surface area contributed by atoms with Crippen LogP contribution < -0.4 is 5.73 Å². The van der Waals surface area contributed by atoms with E-state index in [1.807, 2.05) is 0 Å².